The maximum Gasteiger partial charge on any atom is 0.223 e. The van der Waals surface area contributed by atoms with Crippen LogP contribution in [0, 0.1) is 0 Å². The number of nitrogens with one attached hydrogen (secondary N) is 1. The van der Waals surface area contributed by atoms with Crippen molar-refractivity contribution in [3.63, 3.8) is 0 Å². The fraction of sp³-hybridized carbons (Fsp3) is 0.263. The van der Waals surface area contributed by atoms with Crippen LogP contribution in [-0.4, -0.2) is 16.5 Å². The molecule has 24 heavy (non-hydrogen) atoms. The van der Waals surface area contributed by atoms with Crippen LogP contribution in [-0.2, 0) is 11.2 Å². The van der Waals surface area contributed by atoms with Gasteiger partial charge in [-0.2, -0.15) is 0 Å². The lowest BCUT2D eigenvalue weighted by molar-refractivity contribution is -0.114. The summed E-state index contributed by atoms with van der Waals surface area (Å²) < 4.78 is 7.09. The number of fused-ring (bicyclic) bond motifs is 2. The van der Waals surface area contributed by atoms with Gasteiger partial charge in [0.2, 0.25) is 5.91 Å². The maximum atomic E-state index is 11.2. The van der Waals surface area contributed by atoms with Crippen LogP contribution in [0.4, 0.5) is 5.13 Å². The van der Waals surface area contributed by atoms with E-state index in [1.165, 1.54) is 23.8 Å². The van der Waals surface area contributed by atoms with Gasteiger partial charge >= 0.3 is 0 Å². The first-order valence-corrected chi connectivity index (χ1v) is 8.72. The number of thiazole rings is 1. The number of ether oxygens (including phenoxy) is 1. The summed E-state index contributed by atoms with van der Waals surface area (Å²) in [6.45, 7) is 5.71. The Hall–Kier alpha value is -2.40. The number of carbonyl (C=O) groups excluding carboxylic acids is 1. The molecule has 1 aromatic heterocycles. The zero-order valence-electron chi connectivity index (χ0n) is 13.8. The fourth-order valence-corrected chi connectivity index (χ4v) is 3.97. The Morgan fingerprint density at radius 1 is 1.21 bits per heavy atom. The summed E-state index contributed by atoms with van der Waals surface area (Å²) in [6.07, 6.45) is 0.938. The van der Waals surface area contributed by atoms with Crippen molar-refractivity contribution in [2.75, 3.05) is 5.32 Å². The van der Waals surface area contributed by atoms with Crippen LogP contribution < -0.4 is 10.1 Å². The lowest BCUT2D eigenvalue weighted by Gasteiger charge is -2.16. The molecule has 1 aliphatic rings. The van der Waals surface area contributed by atoms with Crippen LogP contribution in [0.25, 0.3) is 21.3 Å². The first-order valence-electron chi connectivity index (χ1n) is 7.90. The second-order valence-corrected chi connectivity index (χ2v) is 7.77. The summed E-state index contributed by atoms with van der Waals surface area (Å²) in [5, 5.41) is 3.38. The standard InChI is InChI=1S/C19H18N2O2S/c1-11(22)20-18-21-15-8-12(6-7-17(15)24-18)13-4-5-14-10-19(2,3)23-16(14)9-13/h4-9H,10H2,1-3H3,(H,20,21,22). The van der Waals surface area contributed by atoms with Gasteiger partial charge in [0.25, 0.3) is 0 Å². The number of nitrogens with zero attached hydrogens (tertiary/aromatic N) is 1. The molecule has 1 N–H and O–H groups in total. The summed E-state index contributed by atoms with van der Waals surface area (Å²) in [5.41, 5.74) is 4.22. The van der Waals surface area contributed by atoms with E-state index in [0.717, 1.165) is 33.5 Å². The van der Waals surface area contributed by atoms with Crippen molar-refractivity contribution >= 4 is 32.6 Å². The lowest BCUT2D eigenvalue weighted by Crippen LogP contribution is -2.24. The van der Waals surface area contributed by atoms with E-state index in [9.17, 15) is 4.79 Å². The SMILES string of the molecule is CC(=O)Nc1nc2cc(-c3ccc4c(c3)OC(C)(C)C4)ccc2s1. The second kappa shape index (κ2) is 5.31. The third-order valence-corrected chi connectivity index (χ3v) is 5.03. The fourth-order valence-electron chi connectivity index (χ4n) is 3.08. The van der Waals surface area contributed by atoms with Crippen LogP contribution >= 0.6 is 11.3 Å². The Morgan fingerprint density at radius 2 is 1.96 bits per heavy atom. The van der Waals surface area contributed by atoms with Gasteiger partial charge < -0.3 is 10.1 Å². The summed E-state index contributed by atoms with van der Waals surface area (Å²) in [5.74, 6) is 0.863. The van der Waals surface area contributed by atoms with E-state index < -0.39 is 0 Å². The number of amides is 1. The van der Waals surface area contributed by atoms with Crippen molar-refractivity contribution in [2.45, 2.75) is 32.8 Å². The van der Waals surface area contributed by atoms with Crippen LogP contribution in [0.1, 0.15) is 26.3 Å². The van der Waals surface area contributed by atoms with Gasteiger partial charge in [0, 0.05) is 13.3 Å². The van der Waals surface area contributed by atoms with Crippen molar-refractivity contribution in [3.05, 3.63) is 42.0 Å². The number of rotatable bonds is 2. The van der Waals surface area contributed by atoms with E-state index in [1.54, 1.807) is 0 Å². The van der Waals surface area contributed by atoms with E-state index in [1.807, 2.05) is 6.07 Å². The van der Waals surface area contributed by atoms with Gasteiger partial charge in [-0.1, -0.05) is 29.5 Å². The van der Waals surface area contributed by atoms with Crippen LogP contribution in [0.2, 0.25) is 0 Å². The van der Waals surface area contributed by atoms with Gasteiger partial charge in [-0.3, -0.25) is 4.79 Å². The Balaban J connectivity index is 1.71. The smallest absolute Gasteiger partial charge is 0.223 e. The molecule has 0 fully saturated rings. The number of hydrogen-bond donors (Lipinski definition) is 1. The molecule has 0 unspecified atom stereocenters. The zero-order chi connectivity index (χ0) is 16.9. The third kappa shape index (κ3) is 2.76. The highest BCUT2D eigenvalue weighted by Crippen LogP contribution is 2.38. The number of anilines is 1. The first-order chi connectivity index (χ1) is 11.4. The van der Waals surface area contributed by atoms with Gasteiger partial charge in [0.15, 0.2) is 5.13 Å². The highest BCUT2D eigenvalue weighted by Gasteiger charge is 2.29. The molecule has 1 amide bonds. The molecule has 0 aliphatic carbocycles. The molecular weight excluding hydrogens is 320 g/mol. The van der Waals surface area contributed by atoms with Gasteiger partial charge in [0.05, 0.1) is 10.2 Å². The van der Waals surface area contributed by atoms with Crippen LogP contribution in [0.15, 0.2) is 36.4 Å². The van der Waals surface area contributed by atoms with Gasteiger partial charge in [-0.25, -0.2) is 4.98 Å². The molecule has 3 aromatic rings. The number of hydrogen-bond acceptors (Lipinski definition) is 4. The van der Waals surface area contributed by atoms with E-state index >= 15 is 0 Å². The molecule has 2 heterocycles. The molecule has 5 heteroatoms. The molecule has 0 atom stereocenters. The Morgan fingerprint density at radius 3 is 2.75 bits per heavy atom. The molecule has 1 aliphatic heterocycles. The van der Waals surface area contributed by atoms with E-state index in [2.05, 4.69) is 54.5 Å². The Labute approximate surface area is 144 Å². The summed E-state index contributed by atoms with van der Waals surface area (Å²) in [4.78, 5) is 15.7. The van der Waals surface area contributed by atoms with Gasteiger partial charge in [-0.15, -0.1) is 0 Å². The van der Waals surface area contributed by atoms with Crippen molar-refractivity contribution in [3.8, 4) is 16.9 Å². The molecule has 4 nitrogen and oxygen atoms in total. The molecule has 122 valence electrons. The van der Waals surface area contributed by atoms with E-state index in [0.29, 0.717) is 5.13 Å². The summed E-state index contributed by atoms with van der Waals surface area (Å²) in [7, 11) is 0. The molecule has 4 rings (SSSR count). The monoisotopic (exact) mass is 338 g/mol. The van der Waals surface area contributed by atoms with Crippen LogP contribution in [0.5, 0.6) is 5.75 Å². The molecule has 0 saturated heterocycles. The molecule has 0 bridgehead atoms. The molecular formula is C19H18N2O2S. The Kier molecular flexibility index (Phi) is 3.35. The predicted octanol–water partition coefficient (Wildman–Crippen LogP) is 4.64. The Bertz CT molecular complexity index is 959. The molecule has 2 aromatic carbocycles. The normalized spacial score (nSPS) is 15.1. The predicted molar refractivity (Wildman–Crippen MR) is 97.8 cm³/mol. The molecule has 0 radical (unpaired) electrons. The van der Waals surface area contributed by atoms with Gasteiger partial charge in [-0.05, 0) is 48.7 Å². The molecule has 0 saturated carbocycles. The highest BCUT2D eigenvalue weighted by atomic mass is 32.1. The maximum absolute atomic E-state index is 11.2. The lowest BCUT2D eigenvalue weighted by atomic mass is 9.99. The highest BCUT2D eigenvalue weighted by molar-refractivity contribution is 7.22. The third-order valence-electron chi connectivity index (χ3n) is 4.07. The van der Waals surface area contributed by atoms with Crippen molar-refractivity contribution in [1.82, 2.24) is 4.98 Å². The van der Waals surface area contributed by atoms with E-state index in [4.69, 9.17) is 4.74 Å². The summed E-state index contributed by atoms with van der Waals surface area (Å²) in [6, 6.07) is 12.6. The van der Waals surface area contributed by atoms with Crippen LogP contribution in [0.3, 0.4) is 0 Å². The number of aromatic nitrogens is 1. The average molecular weight is 338 g/mol. The second-order valence-electron chi connectivity index (χ2n) is 6.74. The van der Waals surface area contributed by atoms with Gasteiger partial charge in [0.1, 0.15) is 11.4 Å². The minimum Gasteiger partial charge on any atom is -0.487 e. The minimum atomic E-state index is -0.132. The van der Waals surface area contributed by atoms with Crippen molar-refractivity contribution < 1.29 is 9.53 Å². The first kappa shape index (κ1) is 15.1. The minimum absolute atomic E-state index is 0.104. The topological polar surface area (TPSA) is 51.2 Å². The largest absolute Gasteiger partial charge is 0.487 e. The zero-order valence-corrected chi connectivity index (χ0v) is 14.7. The number of carbonyl (C=O) groups is 1. The number of benzene rings is 2. The van der Waals surface area contributed by atoms with Crippen molar-refractivity contribution in [1.29, 1.82) is 0 Å². The summed E-state index contributed by atoms with van der Waals surface area (Å²) >= 11 is 1.48. The molecule has 0 spiro atoms. The van der Waals surface area contributed by atoms with E-state index in [-0.39, 0.29) is 11.5 Å². The van der Waals surface area contributed by atoms with Crippen molar-refractivity contribution in [2.24, 2.45) is 0 Å². The quantitative estimate of drug-likeness (QED) is 0.741. The average Bonchev–Trinajstić information content (AvgIpc) is 3.02.